The van der Waals surface area contributed by atoms with Crippen LogP contribution in [0.3, 0.4) is 0 Å². The predicted octanol–water partition coefficient (Wildman–Crippen LogP) is 6.42. The van der Waals surface area contributed by atoms with E-state index in [0.29, 0.717) is 6.54 Å². The average molecular weight is 474 g/mol. The molecule has 0 radical (unpaired) electrons. The normalized spacial score (nSPS) is 14.6. The van der Waals surface area contributed by atoms with Gasteiger partial charge in [-0.3, -0.25) is 0 Å². The van der Waals surface area contributed by atoms with E-state index in [1.807, 2.05) is 71.1 Å². The standard InChI is InChI=1S/C30H27N5O/c1-21-15-17-23(18-16-21)28-27-14-9-19-33(27)29-26(22(2)32-35(29)25-12-7-4-8-13-25)20-34(28)30(36)31-24-10-5-3-6-11-24/h3-19,28H,20H2,1-2H3,(H,31,36)/t28-/m0/s1. The summed E-state index contributed by atoms with van der Waals surface area (Å²) in [6.07, 6.45) is 2.06. The lowest BCUT2D eigenvalue weighted by molar-refractivity contribution is 0.194. The Morgan fingerprint density at radius 1 is 0.861 bits per heavy atom. The van der Waals surface area contributed by atoms with E-state index in [0.717, 1.165) is 39.7 Å². The highest BCUT2D eigenvalue weighted by molar-refractivity contribution is 5.90. The number of nitrogens with zero attached hydrogens (tertiary/aromatic N) is 4. The van der Waals surface area contributed by atoms with Gasteiger partial charge < -0.3 is 14.8 Å². The zero-order valence-electron chi connectivity index (χ0n) is 20.3. The van der Waals surface area contributed by atoms with E-state index < -0.39 is 0 Å². The van der Waals surface area contributed by atoms with Crippen LogP contribution in [0.15, 0.2) is 103 Å². The number of hydrogen-bond acceptors (Lipinski definition) is 2. The highest BCUT2D eigenvalue weighted by Crippen LogP contribution is 2.38. The van der Waals surface area contributed by atoms with Crippen LogP contribution < -0.4 is 5.32 Å². The number of urea groups is 1. The molecular weight excluding hydrogens is 446 g/mol. The van der Waals surface area contributed by atoms with Crippen LogP contribution in [0.2, 0.25) is 0 Å². The van der Waals surface area contributed by atoms with Crippen LogP contribution in [0.4, 0.5) is 10.5 Å². The molecule has 0 fully saturated rings. The second-order valence-electron chi connectivity index (χ2n) is 9.18. The first-order chi connectivity index (χ1) is 17.6. The Morgan fingerprint density at radius 2 is 1.56 bits per heavy atom. The van der Waals surface area contributed by atoms with Crippen LogP contribution >= 0.6 is 0 Å². The van der Waals surface area contributed by atoms with Crippen LogP contribution in [0.5, 0.6) is 0 Å². The maximum absolute atomic E-state index is 13.9. The summed E-state index contributed by atoms with van der Waals surface area (Å²) in [5, 5.41) is 8.02. The Morgan fingerprint density at radius 3 is 2.28 bits per heavy atom. The zero-order chi connectivity index (χ0) is 24.6. The highest BCUT2D eigenvalue weighted by Gasteiger charge is 2.36. The quantitative estimate of drug-likeness (QED) is 0.329. The number of fused-ring (bicyclic) bond motifs is 3. The number of carbonyl (C=O) groups is 1. The van der Waals surface area contributed by atoms with Crippen molar-refractivity contribution >= 4 is 11.7 Å². The van der Waals surface area contributed by atoms with E-state index in [4.69, 9.17) is 5.10 Å². The lowest BCUT2D eigenvalue weighted by atomic mass is 10.0. The number of hydrogen-bond donors (Lipinski definition) is 1. The largest absolute Gasteiger partial charge is 0.322 e. The van der Waals surface area contributed by atoms with Gasteiger partial charge in [0.05, 0.1) is 29.7 Å². The molecule has 0 saturated heterocycles. The topological polar surface area (TPSA) is 55.1 Å². The van der Waals surface area contributed by atoms with Crippen molar-refractivity contribution in [3.05, 3.63) is 131 Å². The minimum atomic E-state index is -0.277. The first kappa shape index (κ1) is 21.9. The second-order valence-corrected chi connectivity index (χ2v) is 9.18. The monoisotopic (exact) mass is 473 g/mol. The highest BCUT2D eigenvalue weighted by atomic mass is 16.2. The van der Waals surface area contributed by atoms with Crippen LogP contribution in [-0.4, -0.2) is 25.3 Å². The summed E-state index contributed by atoms with van der Waals surface area (Å²) in [6, 6.07) is 31.9. The Kier molecular flexibility index (Phi) is 5.41. The molecule has 1 N–H and O–H groups in total. The summed E-state index contributed by atoms with van der Waals surface area (Å²) in [5.74, 6) is 0.964. The van der Waals surface area contributed by atoms with E-state index in [1.165, 1.54) is 5.56 Å². The molecular formula is C30H27N5O. The van der Waals surface area contributed by atoms with Crippen molar-refractivity contribution in [2.45, 2.75) is 26.4 Å². The lowest BCUT2D eigenvalue weighted by Gasteiger charge is -2.31. The first-order valence-corrected chi connectivity index (χ1v) is 12.1. The number of para-hydroxylation sites is 2. The van der Waals surface area contributed by atoms with Gasteiger partial charge in [0.2, 0.25) is 0 Å². The van der Waals surface area contributed by atoms with Crippen LogP contribution in [0, 0.1) is 13.8 Å². The molecule has 6 heteroatoms. The molecule has 0 aliphatic carbocycles. The zero-order valence-corrected chi connectivity index (χ0v) is 20.3. The number of aromatic nitrogens is 3. The van der Waals surface area contributed by atoms with Crippen molar-refractivity contribution in [2.75, 3.05) is 5.32 Å². The molecule has 1 aliphatic rings. The van der Waals surface area contributed by atoms with E-state index in [2.05, 4.69) is 65.5 Å². The Bertz CT molecular complexity index is 1520. The van der Waals surface area contributed by atoms with Crippen LogP contribution in [0.25, 0.3) is 11.5 Å². The van der Waals surface area contributed by atoms with Crippen LogP contribution in [-0.2, 0) is 6.54 Å². The summed E-state index contributed by atoms with van der Waals surface area (Å²) >= 11 is 0. The van der Waals surface area contributed by atoms with E-state index in [-0.39, 0.29) is 12.1 Å². The third-order valence-electron chi connectivity index (χ3n) is 6.77. The Hall–Kier alpha value is -4.58. The van der Waals surface area contributed by atoms with E-state index in [9.17, 15) is 4.79 Å². The van der Waals surface area contributed by atoms with Crippen LogP contribution in [0.1, 0.15) is 34.1 Å². The van der Waals surface area contributed by atoms with E-state index >= 15 is 0 Å². The second kappa shape index (κ2) is 8.89. The summed E-state index contributed by atoms with van der Waals surface area (Å²) < 4.78 is 4.17. The van der Waals surface area contributed by atoms with Gasteiger partial charge >= 0.3 is 6.03 Å². The fourth-order valence-electron chi connectivity index (χ4n) is 4.97. The molecule has 0 saturated carbocycles. The minimum Gasteiger partial charge on any atom is -0.308 e. The number of rotatable bonds is 3. The van der Waals surface area contributed by atoms with Crippen molar-refractivity contribution in [1.29, 1.82) is 0 Å². The van der Waals surface area contributed by atoms with Gasteiger partial charge in [-0.1, -0.05) is 66.2 Å². The molecule has 6 rings (SSSR count). The summed E-state index contributed by atoms with van der Waals surface area (Å²) in [6.45, 7) is 4.51. The SMILES string of the molecule is Cc1ccc([C@H]2c3cccn3-c3c(c(C)nn3-c3ccccc3)CN2C(=O)Nc2ccccc2)cc1. The van der Waals surface area contributed by atoms with Crippen molar-refractivity contribution in [1.82, 2.24) is 19.2 Å². The molecule has 178 valence electrons. The molecule has 0 bridgehead atoms. The maximum Gasteiger partial charge on any atom is 0.322 e. The average Bonchev–Trinajstić information content (AvgIpc) is 3.46. The fraction of sp³-hybridized carbons (Fsp3) is 0.133. The third kappa shape index (κ3) is 3.77. The van der Waals surface area contributed by atoms with Crippen molar-refractivity contribution < 1.29 is 4.79 Å². The van der Waals surface area contributed by atoms with Crippen molar-refractivity contribution in [3.8, 4) is 11.5 Å². The molecule has 0 spiro atoms. The number of aryl methyl sites for hydroxylation is 2. The van der Waals surface area contributed by atoms with Crippen molar-refractivity contribution in [3.63, 3.8) is 0 Å². The summed E-state index contributed by atoms with van der Waals surface area (Å²) in [5.41, 5.74) is 6.92. The van der Waals surface area contributed by atoms with Crippen molar-refractivity contribution in [2.24, 2.45) is 0 Å². The Labute approximate surface area is 210 Å². The number of benzene rings is 3. The summed E-state index contributed by atoms with van der Waals surface area (Å²) in [4.78, 5) is 15.8. The van der Waals surface area contributed by atoms with Gasteiger partial charge in [-0.15, -0.1) is 0 Å². The van der Waals surface area contributed by atoms with Gasteiger partial charge in [-0.2, -0.15) is 5.10 Å². The molecule has 3 aromatic carbocycles. The fourth-order valence-corrected chi connectivity index (χ4v) is 4.97. The number of nitrogens with one attached hydrogen (secondary N) is 1. The van der Waals surface area contributed by atoms with Gasteiger partial charge in [-0.05, 0) is 55.8 Å². The molecule has 5 aromatic rings. The molecule has 2 amide bonds. The van der Waals surface area contributed by atoms with E-state index in [1.54, 1.807) is 0 Å². The number of anilines is 1. The van der Waals surface area contributed by atoms with Gasteiger partial charge in [0.15, 0.2) is 0 Å². The molecule has 1 atom stereocenters. The molecule has 36 heavy (non-hydrogen) atoms. The van der Waals surface area contributed by atoms with Gasteiger partial charge in [0.1, 0.15) is 5.82 Å². The summed E-state index contributed by atoms with van der Waals surface area (Å²) in [7, 11) is 0. The first-order valence-electron chi connectivity index (χ1n) is 12.1. The Balaban J connectivity index is 1.54. The molecule has 1 aliphatic heterocycles. The molecule has 2 aromatic heterocycles. The maximum atomic E-state index is 13.9. The number of amides is 2. The molecule has 3 heterocycles. The lowest BCUT2D eigenvalue weighted by Crippen LogP contribution is -2.38. The predicted molar refractivity (Wildman–Crippen MR) is 142 cm³/mol. The molecule has 0 unspecified atom stereocenters. The molecule has 6 nitrogen and oxygen atoms in total. The van der Waals surface area contributed by atoms with Gasteiger partial charge in [-0.25, -0.2) is 9.48 Å². The number of carbonyl (C=O) groups excluding carboxylic acids is 1. The smallest absolute Gasteiger partial charge is 0.308 e. The van der Waals surface area contributed by atoms with Gasteiger partial charge in [0, 0.05) is 17.4 Å². The third-order valence-corrected chi connectivity index (χ3v) is 6.77. The minimum absolute atomic E-state index is 0.153. The van der Waals surface area contributed by atoms with Gasteiger partial charge in [0.25, 0.3) is 0 Å².